The number of nitrogens with one attached hydrogen (secondary N) is 1. The van der Waals surface area contributed by atoms with Crippen molar-refractivity contribution in [1.29, 1.82) is 0 Å². The highest BCUT2D eigenvalue weighted by atomic mass is 35.5. The van der Waals surface area contributed by atoms with Gasteiger partial charge in [0, 0.05) is 32.0 Å². The maximum absolute atomic E-state index is 5.94. The van der Waals surface area contributed by atoms with Crippen molar-refractivity contribution in [3.8, 4) is 0 Å². The predicted octanol–water partition coefficient (Wildman–Crippen LogP) is 1.68. The van der Waals surface area contributed by atoms with Gasteiger partial charge in [0.05, 0.1) is 6.54 Å². The first-order valence-corrected chi connectivity index (χ1v) is 6.98. The van der Waals surface area contributed by atoms with Crippen LogP contribution in [0.4, 0.5) is 11.9 Å². The summed E-state index contributed by atoms with van der Waals surface area (Å²) in [7, 11) is 0. The van der Waals surface area contributed by atoms with Gasteiger partial charge in [-0.3, -0.25) is 4.68 Å². The maximum atomic E-state index is 5.94. The molecule has 0 saturated heterocycles. The van der Waals surface area contributed by atoms with Crippen molar-refractivity contribution in [1.82, 2.24) is 24.7 Å². The van der Waals surface area contributed by atoms with Crippen LogP contribution in [-0.2, 0) is 6.54 Å². The number of rotatable bonds is 7. The van der Waals surface area contributed by atoms with E-state index in [9.17, 15) is 0 Å². The Bertz CT molecular complexity index is 525. The van der Waals surface area contributed by atoms with Crippen molar-refractivity contribution in [2.24, 2.45) is 0 Å². The fourth-order valence-corrected chi connectivity index (χ4v) is 1.94. The summed E-state index contributed by atoms with van der Waals surface area (Å²) in [5.41, 5.74) is 0. The van der Waals surface area contributed by atoms with Gasteiger partial charge in [0.1, 0.15) is 0 Å². The summed E-state index contributed by atoms with van der Waals surface area (Å²) in [5.74, 6) is 1.08. The lowest BCUT2D eigenvalue weighted by Gasteiger charge is -2.18. The molecule has 0 bridgehead atoms. The van der Waals surface area contributed by atoms with Crippen LogP contribution in [0, 0.1) is 0 Å². The van der Waals surface area contributed by atoms with E-state index in [1.54, 1.807) is 6.20 Å². The molecule has 2 rings (SSSR count). The first-order valence-electron chi connectivity index (χ1n) is 6.60. The van der Waals surface area contributed by atoms with Crippen molar-refractivity contribution in [3.63, 3.8) is 0 Å². The number of aromatic nitrogens is 5. The number of hydrogen-bond acceptors (Lipinski definition) is 6. The number of nitrogens with zero attached hydrogens (tertiary/aromatic N) is 6. The molecule has 0 aliphatic heterocycles. The van der Waals surface area contributed by atoms with E-state index in [-0.39, 0.29) is 5.28 Å². The van der Waals surface area contributed by atoms with E-state index in [0.29, 0.717) is 18.4 Å². The van der Waals surface area contributed by atoms with E-state index < -0.39 is 0 Å². The second kappa shape index (κ2) is 7.04. The third-order valence-electron chi connectivity index (χ3n) is 2.83. The molecule has 7 nitrogen and oxygen atoms in total. The molecule has 2 aromatic heterocycles. The van der Waals surface area contributed by atoms with Gasteiger partial charge in [-0.1, -0.05) is 0 Å². The molecule has 0 radical (unpaired) electrons. The van der Waals surface area contributed by atoms with Crippen LogP contribution >= 0.6 is 11.6 Å². The molecule has 108 valence electrons. The van der Waals surface area contributed by atoms with Crippen molar-refractivity contribution < 1.29 is 0 Å². The zero-order valence-corrected chi connectivity index (χ0v) is 12.4. The summed E-state index contributed by atoms with van der Waals surface area (Å²) in [6.45, 7) is 7.14. The van der Waals surface area contributed by atoms with Gasteiger partial charge in [0.15, 0.2) is 0 Å². The molecule has 0 aliphatic carbocycles. The van der Waals surface area contributed by atoms with E-state index in [4.69, 9.17) is 11.6 Å². The molecule has 0 saturated carbocycles. The molecular formula is C12H18ClN7. The fourth-order valence-electron chi connectivity index (χ4n) is 1.78. The summed E-state index contributed by atoms with van der Waals surface area (Å²) in [4.78, 5) is 14.6. The molecule has 0 aromatic carbocycles. The third-order valence-corrected chi connectivity index (χ3v) is 2.99. The van der Waals surface area contributed by atoms with Gasteiger partial charge in [-0.05, 0) is 31.5 Å². The number of hydrogen-bond donors (Lipinski definition) is 1. The number of halogens is 1. The average Bonchev–Trinajstić information content (AvgIpc) is 2.93. The minimum absolute atomic E-state index is 0.198. The summed E-state index contributed by atoms with van der Waals surface area (Å²) < 4.78 is 1.83. The average molecular weight is 296 g/mol. The SMILES string of the molecule is CCN(CC)c1nc(Cl)nc(NCCn2cccn2)n1. The third kappa shape index (κ3) is 3.80. The first-order chi connectivity index (χ1) is 9.72. The van der Waals surface area contributed by atoms with Crippen LogP contribution in [0.15, 0.2) is 18.5 Å². The second-order valence-electron chi connectivity index (χ2n) is 4.10. The fraction of sp³-hybridized carbons (Fsp3) is 0.500. The monoisotopic (exact) mass is 295 g/mol. The lowest BCUT2D eigenvalue weighted by molar-refractivity contribution is 0.635. The minimum atomic E-state index is 0.198. The summed E-state index contributed by atoms with van der Waals surface area (Å²) in [6, 6.07) is 1.89. The van der Waals surface area contributed by atoms with Gasteiger partial charge >= 0.3 is 0 Å². The van der Waals surface area contributed by atoms with Gasteiger partial charge in [-0.15, -0.1) is 0 Å². The first kappa shape index (κ1) is 14.5. The van der Waals surface area contributed by atoms with E-state index in [2.05, 4.69) is 25.4 Å². The Hall–Kier alpha value is -1.89. The highest BCUT2D eigenvalue weighted by molar-refractivity contribution is 6.28. The van der Waals surface area contributed by atoms with Gasteiger partial charge < -0.3 is 10.2 Å². The van der Waals surface area contributed by atoms with Crippen LogP contribution in [0.2, 0.25) is 5.28 Å². The largest absolute Gasteiger partial charge is 0.352 e. The maximum Gasteiger partial charge on any atom is 0.231 e. The van der Waals surface area contributed by atoms with Crippen LogP contribution in [-0.4, -0.2) is 44.4 Å². The Morgan fingerprint density at radius 3 is 2.70 bits per heavy atom. The summed E-state index contributed by atoms with van der Waals surface area (Å²) in [6.07, 6.45) is 3.65. The standard InChI is InChI=1S/C12H18ClN7/c1-3-19(4-2)12-17-10(13)16-11(18-12)14-7-9-20-8-5-6-15-20/h5-6,8H,3-4,7,9H2,1-2H3,(H,14,16,17,18). The summed E-state index contributed by atoms with van der Waals surface area (Å²) >= 11 is 5.94. The van der Waals surface area contributed by atoms with Crippen LogP contribution < -0.4 is 10.2 Å². The van der Waals surface area contributed by atoms with Gasteiger partial charge in [0.25, 0.3) is 0 Å². The Labute approximate surface area is 123 Å². The lowest BCUT2D eigenvalue weighted by Crippen LogP contribution is -2.25. The Morgan fingerprint density at radius 2 is 2.05 bits per heavy atom. The molecule has 20 heavy (non-hydrogen) atoms. The van der Waals surface area contributed by atoms with Crippen molar-refractivity contribution in [3.05, 3.63) is 23.7 Å². The molecule has 0 unspecified atom stereocenters. The Kier molecular flexibility index (Phi) is 5.11. The second-order valence-corrected chi connectivity index (χ2v) is 4.43. The molecule has 0 spiro atoms. The molecule has 1 N–H and O–H groups in total. The van der Waals surface area contributed by atoms with E-state index in [1.807, 2.05) is 35.7 Å². The van der Waals surface area contributed by atoms with E-state index >= 15 is 0 Å². The highest BCUT2D eigenvalue weighted by Gasteiger charge is 2.09. The molecular weight excluding hydrogens is 278 g/mol. The summed E-state index contributed by atoms with van der Waals surface area (Å²) in [5, 5.41) is 7.46. The van der Waals surface area contributed by atoms with Gasteiger partial charge in [0.2, 0.25) is 17.2 Å². The molecule has 2 aromatic rings. The molecule has 0 amide bonds. The molecule has 2 heterocycles. The topological polar surface area (TPSA) is 71.8 Å². The van der Waals surface area contributed by atoms with E-state index in [0.717, 1.165) is 19.6 Å². The van der Waals surface area contributed by atoms with Crippen molar-refractivity contribution in [2.75, 3.05) is 29.9 Å². The molecule has 8 heteroatoms. The molecule has 0 aliphatic rings. The van der Waals surface area contributed by atoms with Crippen molar-refractivity contribution in [2.45, 2.75) is 20.4 Å². The quantitative estimate of drug-likeness (QED) is 0.838. The minimum Gasteiger partial charge on any atom is -0.352 e. The highest BCUT2D eigenvalue weighted by Crippen LogP contribution is 2.13. The van der Waals surface area contributed by atoms with Crippen molar-refractivity contribution >= 4 is 23.5 Å². The normalized spacial score (nSPS) is 10.6. The molecule has 0 atom stereocenters. The van der Waals surface area contributed by atoms with Gasteiger partial charge in [-0.25, -0.2) is 0 Å². The predicted molar refractivity (Wildman–Crippen MR) is 79.1 cm³/mol. The smallest absolute Gasteiger partial charge is 0.231 e. The van der Waals surface area contributed by atoms with Crippen LogP contribution in [0.1, 0.15) is 13.8 Å². The van der Waals surface area contributed by atoms with Crippen LogP contribution in [0.25, 0.3) is 0 Å². The molecule has 0 fully saturated rings. The number of anilines is 2. The zero-order chi connectivity index (χ0) is 14.4. The zero-order valence-electron chi connectivity index (χ0n) is 11.6. The van der Waals surface area contributed by atoms with E-state index in [1.165, 1.54) is 0 Å². The Balaban J connectivity index is 2.00. The van der Waals surface area contributed by atoms with Gasteiger partial charge in [-0.2, -0.15) is 20.1 Å². The lowest BCUT2D eigenvalue weighted by atomic mass is 10.5. The Morgan fingerprint density at radius 1 is 1.25 bits per heavy atom. The van der Waals surface area contributed by atoms with Crippen LogP contribution in [0.3, 0.4) is 0 Å². The van der Waals surface area contributed by atoms with Crippen LogP contribution in [0.5, 0.6) is 0 Å².